The molecule has 1 N–H and O–H groups in total. The van der Waals surface area contributed by atoms with Gasteiger partial charge in [0, 0.05) is 5.56 Å². The maximum Gasteiger partial charge on any atom is 0.277 e. The van der Waals surface area contributed by atoms with Gasteiger partial charge in [-0.15, -0.1) is 10.2 Å². The molecule has 1 heterocycles. The molecule has 4 rings (SSSR count). The molecule has 0 atom stereocenters. The van der Waals surface area contributed by atoms with Gasteiger partial charge >= 0.3 is 0 Å². The van der Waals surface area contributed by atoms with Crippen molar-refractivity contribution in [2.45, 2.75) is 18.2 Å². The van der Waals surface area contributed by atoms with Gasteiger partial charge in [-0.2, -0.15) is 0 Å². The van der Waals surface area contributed by atoms with Crippen LogP contribution in [0.3, 0.4) is 0 Å². The Balaban J connectivity index is 1.41. The fourth-order valence-corrected chi connectivity index (χ4v) is 3.64. The zero-order valence-corrected chi connectivity index (χ0v) is 17.3. The quantitative estimate of drug-likeness (QED) is 0.428. The molecule has 0 aliphatic rings. The highest BCUT2D eigenvalue weighted by Gasteiger charge is 2.18. The Morgan fingerprint density at radius 2 is 1.50 bits per heavy atom. The maximum atomic E-state index is 12.7. The van der Waals surface area contributed by atoms with Crippen LogP contribution in [0.15, 0.2) is 94.6 Å². The van der Waals surface area contributed by atoms with Crippen LogP contribution in [0.4, 0.5) is 0 Å². The van der Waals surface area contributed by atoms with Crippen molar-refractivity contribution in [3.05, 3.63) is 102 Å². The van der Waals surface area contributed by atoms with Crippen molar-refractivity contribution >= 4 is 17.7 Å². The van der Waals surface area contributed by atoms with Crippen LogP contribution < -0.4 is 5.32 Å². The van der Waals surface area contributed by atoms with Crippen LogP contribution in [0.2, 0.25) is 0 Å². The van der Waals surface area contributed by atoms with E-state index >= 15 is 0 Å². The molecule has 1 aromatic heterocycles. The molecule has 0 radical (unpaired) electrons. The van der Waals surface area contributed by atoms with Crippen LogP contribution >= 0.6 is 11.8 Å². The Morgan fingerprint density at radius 3 is 2.10 bits per heavy atom. The van der Waals surface area contributed by atoms with Crippen LogP contribution in [0.1, 0.15) is 22.7 Å². The minimum Gasteiger partial charge on any atom is -0.411 e. The number of thioether (sulfide) groups is 1. The monoisotopic (exact) mass is 415 g/mol. The fourth-order valence-electron chi connectivity index (χ4n) is 3.06. The molecule has 0 saturated heterocycles. The number of carbonyl (C=O) groups is 1. The number of rotatable bonds is 7. The molecule has 0 aliphatic carbocycles. The lowest BCUT2D eigenvalue weighted by Gasteiger charge is -2.19. The van der Waals surface area contributed by atoms with Gasteiger partial charge in [0.05, 0.1) is 11.8 Å². The minimum absolute atomic E-state index is 0.104. The Bertz CT molecular complexity index is 1060. The summed E-state index contributed by atoms with van der Waals surface area (Å²) in [5.74, 6) is 0.531. The summed E-state index contributed by atoms with van der Waals surface area (Å²) in [7, 11) is 0. The van der Waals surface area contributed by atoms with Crippen molar-refractivity contribution in [1.82, 2.24) is 15.5 Å². The Hall–Kier alpha value is -3.38. The van der Waals surface area contributed by atoms with Crippen molar-refractivity contribution < 1.29 is 9.21 Å². The molecule has 3 aromatic carbocycles. The average Bonchev–Trinajstić information content (AvgIpc) is 3.27. The first kappa shape index (κ1) is 19.9. The van der Waals surface area contributed by atoms with Gasteiger partial charge in [-0.3, -0.25) is 4.79 Å². The second kappa shape index (κ2) is 9.41. The summed E-state index contributed by atoms with van der Waals surface area (Å²) in [6, 6.07) is 27.5. The average molecular weight is 416 g/mol. The predicted molar refractivity (Wildman–Crippen MR) is 118 cm³/mol. The van der Waals surface area contributed by atoms with Crippen molar-refractivity contribution in [1.29, 1.82) is 0 Å². The topological polar surface area (TPSA) is 68.0 Å². The van der Waals surface area contributed by atoms with Gasteiger partial charge < -0.3 is 9.73 Å². The van der Waals surface area contributed by atoms with Gasteiger partial charge in [-0.05, 0) is 30.2 Å². The van der Waals surface area contributed by atoms with Crippen molar-refractivity contribution in [3.63, 3.8) is 0 Å². The summed E-state index contributed by atoms with van der Waals surface area (Å²) in [6.45, 7) is 2.02. The first-order valence-corrected chi connectivity index (χ1v) is 10.6. The molecule has 0 saturated carbocycles. The predicted octanol–water partition coefficient (Wildman–Crippen LogP) is 5.04. The fraction of sp³-hybridized carbons (Fsp3) is 0.125. The highest BCUT2D eigenvalue weighted by Crippen LogP contribution is 2.25. The van der Waals surface area contributed by atoms with E-state index in [2.05, 4.69) is 15.5 Å². The van der Waals surface area contributed by atoms with E-state index < -0.39 is 0 Å². The van der Waals surface area contributed by atoms with Crippen LogP contribution in [0, 0.1) is 6.92 Å². The Morgan fingerprint density at radius 1 is 0.900 bits per heavy atom. The third-order valence-electron chi connectivity index (χ3n) is 4.60. The first-order chi connectivity index (χ1) is 14.7. The molecular formula is C24H21N3O2S. The highest BCUT2D eigenvalue weighted by atomic mass is 32.2. The molecule has 1 amide bonds. The number of benzene rings is 3. The molecule has 6 heteroatoms. The third-order valence-corrected chi connectivity index (χ3v) is 5.42. The molecule has 0 spiro atoms. The van der Waals surface area contributed by atoms with Crippen LogP contribution in [-0.4, -0.2) is 21.9 Å². The summed E-state index contributed by atoms with van der Waals surface area (Å²) in [5.41, 5.74) is 4.08. The van der Waals surface area contributed by atoms with Crippen LogP contribution in [0.25, 0.3) is 11.5 Å². The van der Waals surface area contributed by atoms with Gasteiger partial charge in [0.25, 0.3) is 5.22 Å². The minimum atomic E-state index is -0.216. The molecule has 0 bridgehead atoms. The smallest absolute Gasteiger partial charge is 0.277 e. The van der Waals surface area contributed by atoms with E-state index in [1.54, 1.807) is 0 Å². The molecular weight excluding hydrogens is 394 g/mol. The van der Waals surface area contributed by atoms with Gasteiger partial charge in [-0.1, -0.05) is 90.1 Å². The summed E-state index contributed by atoms with van der Waals surface area (Å²) >= 11 is 1.23. The van der Waals surface area contributed by atoms with E-state index in [4.69, 9.17) is 4.42 Å². The molecule has 0 fully saturated rings. The Labute approximate surface area is 179 Å². The number of nitrogens with zero attached hydrogens (tertiary/aromatic N) is 2. The van der Waals surface area contributed by atoms with E-state index in [1.807, 2.05) is 91.9 Å². The highest BCUT2D eigenvalue weighted by molar-refractivity contribution is 7.99. The molecule has 4 aromatic rings. The summed E-state index contributed by atoms with van der Waals surface area (Å²) in [6.07, 6.45) is 0. The lowest BCUT2D eigenvalue weighted by Crippen LogP contribution is -2.30. The number of amides is 1. The third kappa shape index (κ3) is 4.96. The maximum absolute atomic E-state index is 12.7. The number of nitrogens with one attached hydrogen (secondary N) is 1. The van der Waals surface area contributed by atoms with Gasteiger partial charge in [-0.25, -0.2) is 0 Å². The molecule has 0 aliphatic heterocycles. The molecule has 150 valence electrons. The van der Waals surface area contributed by atoms with E-state index in [0.717, 1.165) is 22.3 Å². The van der Waals surface area contributed by atoms with E-state index in [1.165, 1.54) is 11.8 Å². The van der Waals surface area contributed by atoms with Crippen molar-refractivity contribution in [3.8, 4) is 11.5 Å². The number of hydrogen-bond acceptors (Lipinski definition) is 5. The normalized spacial score (nSPS) is 10.9. The number of aryl methyl sites for hydroxylation is 1. The summed E-state index contributed by atoms with van der Waals surface area (Å²) in [5, 5.41) is 11.6. The van der Waals surface area contributed by atoms with Crippen LogP contribution in [-0.2, 0) is 4.79 Å². The first-order valence-electron chi connectivity index (χ1n) is 9.61. The van der Waals surface area contributed by atoms with E-state index in [0.29, 0.717) is 11.1 Å². The lowest BCUT2D eigenvalue weighted by molar-refractivity contribution is -0.119. The lowest BCUT2D eigenvalue weighted by atomic mass is 9.99. The largest absolute Gasteiger partial charge is 0.411 e. The standard InChI is InChI=1S/C24H21N3O2S/c1-17-12-14-20(15-13-17)23-26-27-24(29-23)30-16-21(28)25-22(18-8-4-2-5-9-18)19-10-6-3-7-11-19/h2-15,22H,16H2,1H3,(H,25,28). The molecule has 30 heavy (non-hydrogen) atoms. The second-order valence-electron chi connectivity index (χ2n) is 6.85. The molecule has 0 unspecified atom stereocenters. The summed E-state index contributed by atoms with van der Waals surface area (Å²) in [4.78, 5) is 12.7. The molecule has 5 nitrogen and oxygen atoms in total. The van der Waals surface area contributed by atoms with Crippen molar-refractivity contribution in [2.75, 3.05) is 5.75 Å². The zero-order valence-electron chi connectivity index (χ0n) is 16.5. The SMILES string of the molecule is Cc1ccc(-c2nnc(SCC(=O)NC(c3ccccc3)c3ccccc3)o2)cc1. The van der Waals surface area contributed by atoms with E-state index in [9.17, 15) is 4.79 Å². The van der Waals surface area contributed by atoms with Gasteiger partial charge in [0.1, 0.15) is 0 Å². The number of aromatic nitrogens is 2. The van der Waals surface area contributed by atoms with E-state index in [-0.39, 0.29) is 17.7 Å². The van der Waals surface area contributed by atoms with Gasteiger partial charge in [0.2, 0.25) is 11.8 Å². The van der Waals surface area contributed by atoms with Crippen molar-refractivity contribution in [2.24, 2.45) is 0 Å². The van der Waals surface area contributed by atoms with Crippen LogP contribution in [0.5, 0.6) is 0 Å². The second-order valence-corrected chi connectivity index (χ2v) is 7.78. The zero-order chi connectivity index (χ0) is 20.8. The van der Waals surface area contributed by atoms with Gasteiger partial charge in [0.15, 0.2) is 0 Å². The number of hydrogen-bond donors (Lipinski definition) is 1. The number of carbonyl (C=O) groups excluding carboxylic acids is 1. The summed E-state index contributed by atoms with van der Waals surface area (Å²) < 4.78 is 5.69. The Kier molecular flexibility index (Phi) is 6.25.